The summed E-state index contributed by atoms with van der Waals surface area (Å²) in [5, 5.41) is 12.2. The highest BCUT2D eigenvalue weighted by molar-refractivity contribution is 6.31. The standard InChI is InChI=1S/C23H30ClF3N2O3/c1-14(2)17-13-29(11-9-19(30)31)20(32)28-22(17,5)16-7-6-15(18(24)12-16)8-10-21(3,4)23(25,26)27/h6-7,12-14H,8-11H2,1-5H3,(H,28,32)(H,30,31)/t22-/m0/s1. The van der Waals surface area contributed by atoms with Crippen LogP contribution in [0.3, 0.4) is 0 Å². The molecule has 1 atom stereocenters. The van der Waals surface area contributed by atoms with Crippen molar-refractivity contribution in [1.82, 2.24) is 10.2 Å². The maximum absolute atomic E-state index is 13.2. The molecule has 0 fully saturated rings. The molecule has 0 aromatic heterocycles. The second-order valence-electron chi connectivity index (χ2n) is 9.32. The van der Waals surface area contributed by atoms with E-state index in [9.17, 15) is 22.8 Å². The Kier molecular flexibility index (Phi) is 7.59. The smallest absolute Gasteiger partial charge is 0.393 e. The molecule has 0 bridgehead atoms. The molecule has 0 radical (unpaired) electrons. The maximum Gasteiger partial charge on any atom is 0.393 e. The Hall–Kier alpha value is -2.22. The number of carbonyl (C=O) groups is 2. The molecule has 1 aromatic rings. The number of halogens is 4. The van der Waals surface area contributed by atoms with Gasteiger partial charge in [-0.25, -0.2) is 4.79 Å². The number of rotatable bonds is 8. The number of benzene rings is 1. The molecular weight excluding hydrogens is 445 g/mol. The van der Waals surface area contributed by atoms with E-state index >= 15 is 0 Å². The minimum absolute atomic E-state index is 0.0268. The molecule has 0 saturated heterocycles. The first-order valence-corrected chi connectivity index (χ1v) is 10.8. The Morgan fingerprint density at radius 1 is 1.28 bits per heavy atom. The van der Waals surface area contributed by atoms with Gasteiger partial charge in [0.15, 0.2) is 0 Å². The van der Waals surface area contributed by atoms with Gasteiger partial charge >= 0.3 is 18.2 Å². The van der Waals surface area contributed by atoms with Crippen LogP contribution in [-0.4, -0.2) is 34.7 Å². The molecule has 5 nitrogen and oxygen atoms in total. The summed E-state index contributed by atoms with van der Waals surface area (Å²) in [6.45, 7) is 8.15. The highest BCUT2D eigenvalue weighted by Crippen LogP contribution is 2.42. The van der Waals surface area contributed by atoms with E-state index in [-0.39, 0.29) is 31.7 Å². The molecule has 1 heterocycles. The van der Waals surface area contributed by atoms with Gasteiger partial charge in [-0.05, 0) is 48.4 Å². The van der Waals surface area contributed by atoms with E-state index in [0.29, 0.717) is 16.1 Å². The van der Waals surface area contributed by atoms with Gasteiger partial charge in [-0.3, -0.25) is 4.79 Å². The summed E-state index contributed by atoms with van der Waals surface area (Å²) in [5.74, 6) is -0.972. The first-order valence-electron chi connectivity index (χ1n) is 10.5. The van der Waals surface area contributed by atoms with Crippen molar-refractivity contribution in [2.24, 2.45) is 11.3 Å². The topological polar surface area (TPSA) is 69.6 Å². The summed E-state index contributed by atoms with van der Waals surface area (Å²) in [5.41, 5.74) is -0.544. The van der Waals surface area contributed by atoms with Gasteiger partial charge < -0.3 is 15.3 Å². The van der Waals surface area contributed by atoms with Gasteiger partial charge in [-0.1, -0.05) is 51.4 Å². The number of aryl methyl sites for hydroxylation is 1. The molecule has 0 aliphatic carbocycles. The zero-order valence-electron chi connectivity index (χ0n) is 18.9. The molecule has 1 aromatic carbocycles. The Balaban J connectivity index is 2.33. The number of urea groups is 1. The van der Waals surface area contributed by atoms with E-state index in [0.717, 1.165) is 5.57 Å². The van der Waals surface area contributed by atoms with Gasteiger partial charge in [0, 0.05) is 17.8 Å². The number of carboxylic acids is 1. The second kappa shape index (κ2) is 9.33. The van der Waals surface area contributed by atoms with Crippen molar-refractivity contribution < 1.29 is 27.9 Å². The van der Waals surface area contributed by atoms with Crippen LogP contribution >= 0.6 is 11.6 Å². The van der Waals surface area contributed by atoms with Gasteiger partial charge in [0.1, 0.15) is 0 Å². The number of alkyl halides is 3. The van der Waals surface area contributed by atoms with Gasteiger partial charge in [-0.15, -0.1) is 0 Å². The van der Waals surface area contributed by atoms with Crippen LogP contribution in [0, 0.1) is 11.3 Å². The SMILES string of the molecule is CC(C)C1=CN(CCC(=O)O)C(=O)N[C@@]1(C)c1ccc(CCC(C)(C)C(F)(F)F)c(Cl)c1. The maximum atomic E-state index is 13.2. The Morgan fingerprint density at radius 3 is 2.41 bits per heavy atom. The predicted octanol–water partition coefficient (Wildman–Crippen LogP) is 6.12. The molecule has 1 aliphatic rings. The van der Waals surface area contributed by atoms with Crippen LogP contribution in [0.5, 0.6) is 0 Å². The van der Waals surface area contributed by atoms with Gasteiger partial charge in [0.25, 0.3) is 0 Å². The third-order valence-electron chi connectivity index (χ3n) is 6.10. The van der Waals surface area contributed by atoms with Crippen molar-refractivity contribution in [3.05, 3.63) is 46.1 Å². The normalized spacial score (nSPS) is 19.8. The predicted molar refractivity (Wildman–Crippen MR) is 117 cm³/mol. The molecule has 32 heavy (non-hydrogen) atoms. The van der Waals surface area contributed by atoms with Crippen LogP contribution in [0.2, 0.25) is 5.02 Å². The lowest BCUT2D eigenvalue weighted by Crippen LogP contribution is -2.55. The Labute approximate surface area is 191 Å². The summed E-state index contributed by atoms with van der Waals surface area (Å²) in [6, 6.07) is 4.73. The van der Waals surface area contributed by atoms with Crippen molar-refractivity contribution in [2.75, 3.05) is 6.54 Å². The number of hydrogen-bond acceptors (Lipinski definition) is 2. The summed E-state index contributed by atoms with van der Waals surface area (Å²) in [4.78, 5) is 24.9. The number of aliphatic carboxylic acids is 1. The number of nitrogens with zero attached hydrogens (tertiary/aromatic N) is 1. The zero-order valence-corrected chi connectivity index (χ0v) is 19.7. The summed E-state index contributed by atoms with van der Waals surface area (Å²) < 4.78 is 39.5. The number of nitrogens with one attached hydrogen (secondary N) is 1. The molecule has 0 unspecified atom stereocenters. The molecule has 2 N–H and O–H groups in total. The van der Waals surface area contributed by atoms with Crippen LogP contribution in [0.1, 0.15) is 58.6 Å². The molecule has 2 rings (SSSR count). The number of hydrogen-bond donors (Lipinski definition) is 2. The van der Waals surface area contributed by atoms with Gasteiger partial charge in [0.05, 0.1) is 17.4 Å². The van der Waals surface area contributed by atoms with Gasteiger partial charge in [0.2, 0.25) is 0 Å². The highest BCUT2D eigenvalue weighted by atomic mass is 35.5. The third kappa shape index (κ3) is 5.57. The summed E-state index contributed by atoms with van der Waals surface area (Å²) in [6.07, 6.45) is -2.73. The molecule has 2 amide bonds. The molecule has 178 valence electrons. The van der Waals surface area contributed by atoms with Crippen molar-refractivity contribution >= 4 is 23.6 Å². The second-order valence-corrected chi connectivity index (χ2v) is 9.73. The van der Waals surface area contributed by atoms with Crippen LogP contribution < -0.4 is 5.32 Å². The van der Waals surface area contributed by atoms with Crippen LogP contribution in [0.25, 0.3) is 0 Å². The van der Waals surface area contributed by atoms with E-state index < -0.39 is 29.1 Å². The quantitative estimate of drug-likeness (QED) is 0.477. The average molecular weight is 475 g/mol. The minimum Gasteiger partial charge on any atom is -0.481 e. The average Bonchev–Trinajstić information content (AvgIpc) is 2.64. The lowest BCUT2D eigenvalue weighted by molar-refractivity contribution is -0.213. The fraction of sp³-hybridized carbons (Fsp3) is 0.565. The third-order valence-corrected chi connectivity index (χ3v) is 6.45. The van der Waals surface area contributed by atoms with E-state index in [1.807, 2.05) is 20.8 Å². The zero-order chi connectivity index (χ0) is 24.5. The number of amides is 2. The monoisotopic (exact) mass is 474 g/mol. The molecule has 0 spiro atoms. The number of carboxylic acid groups (broad SMARTS) is 1. The van der Waals surface area contributed by atoms with E-state index in [1.54, 1.807) is 24.4 Å². The lowest BCUT2D eigenvalue weighted by Gasteiger charge is -2.42. The van der Waals surface area contributed by atoms with E-state index in [4.69, 9.17) is 16.7 Å². The Morgan fingerprint density at radius 2 is 1.91 bits per heavy atom. The molecular formula is C23H30ClF3N2O3. The molecule has 0 saturated carbocycles. The summed E-state index contributed by atoms with van der Waals surface area (Å²) in [7, 11) is 0. The first-order chi connectivity index (χ1) is 14.6. The molecule has 9 heteroatoms. The van der Waals surface area contributed by atoms with Crippen molar-refractivity contribution in [3.8, 4) is 0 Å². The fourth-order valence-corrected chi connectivity index (χ4v) is 3.99. The van der Waals surface area contributed by atoms with Crippen molar-refractivity contribution in [3.63, 3.8) is 0 Å². The summed E-state index contributed by atoms with van der Waals surface area (Å²) >= 11 is 6.44. The lowest BCUT2D eigenvalue weighted by atomic mass is 9.78. The van der Waals surface area contributed by atoms with Gasteiger partial charge in [-0.2, -0.15) is 13.2 Å². The largest absolute Gasteiger partial charge is 0.481 e. The van der Waals surface area contributed by atoms with Crippen LogP contribution in [0.4, 0.5) is 18.0 Å². The fourth-order valence-electron chi connectivity index (χ4n) is 3.71. The molecule has 1 aliphatic heterocycles. The number of carbonyl (C=O) groups excluding carboxylic acids is 1. The highest BCUT2D eigenvalue weighted by Gasteiger charge is 2.46. The van der Waals surface area contributed by atoms with Crippen LogP contribution in [-0.2, 0) is 16.8 Å². The van der Waals surface area contributed by atoms with E-state index in [2.05, 4.69) is 5.32 Å². The van der Waals surface area contributed by atoms with E-state index in [1.165, 1.54) is 18.7 Å². The minimum atomic E-state index is -4.30. The van der Waals surface area contributed by atoms with Crippen LogP contribution in [0.15, 0.2) is 30.0 Å². The van der Waals surface area contributed by atoms with Crippen molar-refractivity contribution in [2.45, 2.75) is 65.6 Å². The Bertz CT molecular complexity index is 912. The van der Waals surface area contributed by atoms with Crippen molar-refractivity contribution in [1.29, 1.82) is 0 Å². The first kappa shape index (κ1) is 26.0.